The second kappa shape index (κ2) is 9.77. The zero-order valence-corrected chi connectivity index (χ0v) is 23.4. The van der Waals surface area contributed by atoms with Crippen molar-refractivity contribution in [1.29, 1.82) is 0 Å². The minimum atomic E-state index is -0.464. The van der Waals surface area contributed by atoms with Crippen LogP contribution in [0.15, 0.2) is 42.6 Å². The number of piperazine rings is 1. The zero-order valence-electron chi connectivity index (χ0n) is 23.4. The van der Waals surface area contributed by atoms with Gasteiger partial charge in [0.1, 0.15) is 29.4 Å². The smallest absolute Gasteiger partial charge is 0.319 e. The Kier molecular flexibility index (Phi) is 6.00. The van der Waals surface area contributed by atoms with Gasteiger partial charge in [0.15, 0.2) is 5.82 Å². The standard InChI is InChI=1S/C32H35FN6O2/c1-40-25-9-3-7-20-6-2-8-23(26(20)25)28-27(33)29-24(16-34-28)30(38-17-21-10-11-22(18-38)35-21)37-31(36-29)41-19-32-12-4-14-39(32)15-5-13-32/h2-3,6-9,16,21-22,35H,4-5,10-15,17-19H2,1H3/t21-,22+. The van der Waals surface area contributed by atoms with Crippen LogP contribution in [0, 0.1) is 5.82 Å². The fourth-order valence-electron chi connectivity index (χ4n) is 7.82. The van der Waals surface area contributed by atoms with Crippen LogP contribution < -0.4 is 19.7 Å². The third-order valence-electron chi connectivity index (χ3n) is 9.78. The number of anilines is 1. The van der Waals surface area contributed by atoms with Crippen molar-refractivity contribution in [1.82, 2.24) is 25.2 Å². The van der Waals surface area contributed by atoms with Crippen LogP contribution in [0.1, 0.15) is 38.5 Å². The molecular weight excluding hydrogens is 519 g/mol. The van der Waals surface area contributed by atoms with Gasteiger partial charge in [-0.2, -0.15) is 9.97 Å². The Morgan fingerprint density at radius 1 is 1.02 bits per heavy atom. The topological polar surface area (TPSA) is 75.6 Å². The highest BCUT2D eigenvalue weighted by Crippen LogP contribution is 2.41. The molecule has 4 aliphatic rings. The summed E-state index contributed by atoms with van der Waals surface area (Å²) in [5.74, 6) is 0.929. The van der Waals surface area contributed by atoms with E-state index in [1.165, 1.54) is 12.8 Å². The fraction of sp³-hybridized carbons (Fsp3) is 0.469. The molecule has 0 unspecified atom stereocenters. The molecule has 0 amide bonds. The molecule has 4 aromatic rings. The zero-order chi connectivity index (χ0) is 27.6. The van der Waals surface area contributed by atoms with E-state index in [1.54, 1.807) is 13.3 Å². The molecule has 0 spiro atoms. The van der Waals surface area contributed by atoms with E-state index in [9.17, 15) is 0 Å². The number of aromatic nitrogens is 3. The van der Waals surface area contributed by atoms with Crippen LogP contribution in [-0.2, 0) is 0 Å². The Morgan fingerprint density at radius 3 is 2.54 bits per heavy atom. The summed E-state index contributed by atoms with van der Waals surface area (Å²) in [7, 11) is 1.63. The van der Waals surface area contributed by atoms with E-state index in [4.69, 9.17) is 24.4 Å². The number of rotatable bonds is 6. The monoisotopic (exact) mass is 554 g/mol. The van der Waals surface area contributed by atoms with E-state index in [0.717, 1.165) is 62.6 Å². The molecule has 0 saturated carbocycles. The lowest BCUT2D eigenvalue weighted by Gasteiger charge is -2.34. The summed E-state index contributed by atoms with van der Waals surface area (Å²) in [5, 5.41) is 6.09. The molecule has 212 valence electrons. The molecule has 9 heteroatoms. The molecule has 2 atom stereocenters. The summed E-state index contributed by atoms with van der Waals surface area (Å²) >= 11 is 0. The van der Waals surface area contributed by atoms with E-state index in [2.05, 4.69) is 15.1 Å². The Morgan fingerprint density at radius 2 is 1.78 bits per heavy atom. The molecule has 0 aliphatic carbocycles. The largest absolute Gasteiger partial charge is 0.496 e. The first-order valence-corrected chi connectivity index (χ1v) is 14.9. The van der Waals surface area contributed by atoms with Gasteiger partial charge in [-0.05, 0) is 63.1 Å². The van der Waals surface area contributed by atoms with E-state index >= 15 is 4.39 Å². The molecule has 4 fully saturated rings. The van der Waals surface area contributed by atoms with E-state index < -0.39 is 5.82 Å². The average molecular weight is 555 g/mol. The normalized spacial score (nSPS) is 23.4. The number of nitrogens with one attached hydrogen (secondary N) is 1. The number of fused-ring (bicyclic) bond motifs is 5. The van der Waals surface area contributed by atoms with Gasteiger partial charge in [-0.1, -0.05) is 30.3 Å². The highest BCUT2D eigenvalue weighted by atomic mass is 19.1. The summed E-state index contributed by atoms with van der Waals surface area (Å²) in [6.45, 7) is 4.42. The van der Waals surface area contributed by atoms with Crippen molar-refractivity contribution in [3.63, 3.8) is 0 Å². The average Bonchev–Trinajstić information content (AvgIpc) is 3.69. The Balaban J connectivity index is 1.26. The quantitative estimate of drug-likeness (QED) is 0.359. The van der Waals surface area contributed by atoms with Gasteiger partial charge in [0.2, 0.25) is 0 Å². The van der Waals surface area contributed by atoms with Crippen molar-refractivity contribution in [2.24, 2.45) is 0 Å². The van der Waals surface area contributed by atoms with Crippen molar-refractivity contribution in [3.8, 4) is 23.0 Å². The summed E-state index contributed by atoms with van der Waals surface area (Å²) in [6.07, 6.45) is 8.65. The lowest BCUT2D eigenvalue weighted by Crippen LogP contribution is -2.51. The van der Waals surface area contributed by atoms with Gasteiger partial charge in [-0.15, -0.1) is 0 Å². The second-order valence-electron chi connectivity index (χ2n) is 12.1. The van der Waals surface area contributed by atoms with Gasteiger partial charge in [0.25, 0.3) is 0 Å². The minimum absolute atomic E-state index is 0.0497. The summed E-state index contributed by atoms with van der Waals surface area (Å²) in [6, 6.07) is 12.7. The highest BCUT2D eigenvalue weighted by molar-refractivity contribution is 6.02. The predicted octanol–water partition coefficient (Wildman–Crippen LogP) is 4.94. The van der Waals surface area contributed by atoms with Crippen molar-refractivity contribution < 1.29 is 13.9 Å². The highest BCUT2D eigenvalue weighted by Gasteiger charge is 2.45. The first kappa shape index (κ1) is 25.2. The van der Waals surface area contributed by atoms with E-state index in [-0.39, 0.29) is 22.8 Å². The number of hydrogen-bond donors (Lipinski definition) is 1. The van der Waals surface area contributed by atoms with Crippen LogP contribution in [0.5, 0.6) is 11.8 Å². The van der Waals surface area contributed by atoms with Crippen molar-refractivity contribution in [2.75, 3.05) is 44.8 Å². The van der Waals surface area contributed by atoms with Crippen LogP contribution in [0.4, 0.5) is 10.2 Å². The number of hydrogen-bond acceptors (Lipinski definition) is 8. The van der Waals surface area contributed by atoms with E-state index in [1.807, 2.05) is 36.4 Å². The van der Waals surface area contributed by atoms with Crippen LogP contribution in [0.3, 0.4) is 0 Å². The SMILES string of the molecule is COc1cccc2cccc(-c3ncc4c(N5C[C@H]6CC[C@@H](C5)N6)nc(OCC56CCCN5CCC6)nc4c3F)c12. The van der Waals surface area contributed by atoms with Crippen LogP contribution in [0.25, 0.3) is 32.9 Å². The molecule has 2 aromatic carbocycles. The molecule has 2 aromatic heterocycles. The maximum atomic E-state index is 16.7. The number of ether oxygens (including phenoxy) is 2. The fourth-order valence-corrected chi connectivity index (χ4v) is 7.82. The van der Waals surface area contributed by atoms with Crippen LogP contribution >= 0.6 is 0 Å². The van der Waals surface area contributed by atoms with Crippen LogP contribution in [-0.4, -0.2) is 77.4 Å². The van der Waals surface area contributed by atoms with E-state index in [0.29, 0.717) is 41.2 Å². The van der Waals surface area contributed by atoms with Gasteiger partial charge in [0, 0.05) is 42.3 Å². The Hall–Kier alpha value is -3.56. The summed E-state index contributed by atoms with van der Waals surface area (Å²) in [4.78, 5) is 19.2. The molecule has 8 rings (SSSR count). The van der Waals surface area contributed by atoms with Gasteiger partial charge >= 0.3 is 6.01 Å². The predicted molar refractivity (Wildman–Crippen MR) is 157 cm³/mol. The third kappa shape index (κ3) is 4.12. The minimum Gasteiger partial charge on any atom is -0.496 e. The lowest BCUT2D eigenvalue weighted by molar-refractivity contribution is 0.108. The molecule has 6 heterocycles. The Bertz CT molecular complexity index is 1620. The number of nitrogens with zero attached hydrogens (tertiary/aromatic N) is 5. The van der Waals surface area contributed by atoms with Gasteiger partial charge in [-0.25, -0.2) is 4.39 Å². The molecule has 0 radical (unpaired) electrons. The first-order valence-electron chi connectivity index (χ1n) is 14.9. The van der Waals surface area contributed by atoms with Crippen molar-refractivity contribution >= 4 is 27.5 Å². The number of benzene rings is 2. The number of halogens is 1. The first-order chi connectivity index (χ1) is 20.1. The van der Waals surface area contributed by atoms with Gasteiger partial charge in [0.05, 0.1) is 18.0 Å². The molecule has 1 N–H and O–H groups in total. The van der Waals surface area contributed by atoms with Gasteiger partial charge in [-0.3, -0.25) is 9.88 Å². The number of methoxy groups -OCH3 is 1. The van der Waals surface area contributed by atoms with Crippen molar-refractivity contribution in [2.45, 2.75) is 56.1 Å². The van der Waals surface area contributed by atoms with Gasteiger partial charge < -0.3 is 19.7 Å². The molecule has 2 bridgehead atoms. The molecule has 8 nitrogen and oxygen atoms in total. The molecule has 4 saturated heterocycles. The molecular formula is C32H35FN6O2. The molecule has 41 heavy (non-hydrogen) atoms. The summed E-state index contributed by atoms with van der Waals surface area (Å²) in [5.41, 5.74) is 1.22. The lowest BCUT2D eigenvalue weighted by atomic mass is 9.95. The van der Waals surface area contributed by atoms with Crippen molar-refractivity contribution in [3.05, 3.63) is 48.4 Å². The summed E-state index contributed by atoms with van der Waals surface area (Å²) < 4.78 is 28.7. The number of pyridine rings is 1. The molecule has 4 aliphatic heterocycles. The van der Waals surface area contributed by atoms with Crippen LogP contribution in [0.2, 0.25) is 0 Å². The maximum absolute atomic E-state index is 16.7. The Labute approximate surface area is 238 Å². The maximum Gasteiger partial charge on any atom is 0.319 e. The third-order valence-corrected chi connectivity index (χ3v) is 9.78. The second-order valence-corrected chi connectivity index (χ2v) is 12.1.